The van der Waals surface area contributed by atoms with Crippen LogP contribution in [0, 0.1) is 0 Å². The van der Waals surface area contributed by atoms with E-state index >= 15 is 0 Å². The molecule has 0 saturated heterocycles. The Hall–Kier alpha value is -13.4. The molecule has 2 nitrogen and oxygen atoms in total. The molecule has 2 heteroatoms. The number of hydrogen-bond donors (Lipinski definition) is 0. The molecule has 0 bridgehead atoms. The van der Waals surface area contributed by atoms with Crippen LogP contribution in [0.5, 0.6) is 0 Å². The first-order valence-electron chi connectivity index (χ1n) is 35.1. The Kier molecular flexibility index (Phi) is 14.0. The number of furan rings is 2. The third-order valence-electron chi connectivity index (χ3n) is 21.1. The fourth-order valence-corrected chi connectivity index (χ4v) is 16.2. The number of benzene rings is 19. The smallest absolute Gasteiger partial charge is 0.136 e. The second-order valence-electron chi connectivity index (χ2n) is 26.9. The van der Waals surface area contributed by atoms with E-state index in [-0.39, 0.29) is 0 Å². The zero-order valence-electron chi connectivity index (χ0n) is 55.6. The first-order chi connectivity index (χ1) is 50.5. The lowest BCUT2D eigenvalue weighted by molar-refractivity contribution is 0.669. The van der Waals surface area contributed by atoms with E-state index in [9.17, 15) is 0 Å². The van der Waals surface area contributed by atoms with E-state index in [1.54, 1.807) is 0 Å². The van der Waals surface area contributed by atoms with E-state index < -0.39 is 0 Å². The molecule has 0 unspecified atom stereocenters. The summed E-state index contributed by atoms with van der Waals surface area (Å²) in [4.78, 5) is 0. The van der Waals surface area contributed by atoms with Crippen molar-refractivity contribution < 1.29 is 8.83 Å². The molecule has 21 aromatic rings. The molecule has 2 heterocycles. The molecule has 102 heavy (non-hydrogen) atoms. The van der Waals surface area contributed by atoms with E-state index in [2.05, 4.69) is 376 Å². The van der Waals surface area contributed by atoms with Gasteiger partial charge in [0.25, 0.3) is 0 Å². The molecule has 0 aliphatic heterocycles. The van der Waals surface area contributed by atoms with Crippen molar-refractivity contribution in [3.63, 3.8) is 0 Å². The summed E-state index contributed by atoms with van der Waals surface area (Å²) in [6, 6.07) is 136. The molecule has 0 aliphatic rings. The van der Waals surface area contributed by atoms with Gasteiger partial charge in [-0.15, -0.1) is 0 Å². The van der Waals surface area contributed by atoms with Crippen LogP contribution in [0.4, 0.5) is 0 Å². The minimum absolute atomic E-state index is 0.913. The Morgan fingerprint density at radius 1 is 0.127 bits per heavy atom. The maximum Gasteiger partial charge on any atom is 0.136 e. The van der Waals surface area contributed by atoms with Gasteiger partial charge in [-0.25, -0.2) is 0 Å². The summed E-state index contributed by atoms with van der Waals surface area (Å²) in [5, 5.41) is 22.0. The van der Waals surface area contributed by atoms with Crippen LogP contribution in [0.25, 0.3) is 208 Å². The number of hydrogen-bond acceptors (Lipinski definition) is 2. The lowest BCUT2D eigenvalue weighted by atomic mass is 9.85. The minimum Gasteiger partial charge on any atom is -0.456 e. The molecular formula is C100H62O2. The van der Waals surface area contributed by atoms with Crippen molar-refractivity contribution in [2.75, 3.05) is 0 Å². The van der Waals surface area contributed by atoms with E-state index in [4.69, 9.17) is 8.83 Å². The van der Waals surface area contributed by atoms with Crippen molar-refractivity contribution >= 4 is 119 Å². The third kappa shape index (κ3) is 10.0. The molecular weight excluding hydrogens is 1230 g/mol. The average molecular weight is 1300 g/mol. The Balaban J connectivity index is 0.000000137. The average Bonchev–Trinajstić information content (AvgIpc) is 1.07. The molecule has 0 aliphatic carbocycles. The molecule has 21 rings (SSSR count). The van der Waals surface area contributed by atoms with Crippen LogP contribution >= 0.6 is 0 Å². The molecule has 19 aromatic carbocycles. The van der Waals surface area contributed by atoms with Gasteiger partial charge in [0, 0.05) is 21.5 Å². The standard InChI is InChI=1S/C52H32O.C48H30O/c1-2-13-37-32-50-48(30-36(37)12-1)47-31-38(27-28-49(47)53-50)33-23-25-35(26-24-33)51-43-18-5-7-20-45(43)52(46-21-8-6-19-44(46)51)40-16-9-15-39(29-40)42-22-10-14-34-11-3-4-17-41(34)42;1-2-10-31(11-3-1)32-18-22-34(23-19-32)47-39-14-6-8-16-41(39)48(42-17-9-7-15-40(42)47)35-24-20-33(21-25-35)38-26-27-45-43(29-38)44-28-36-12-4-5-13-37(36)30-46(44)49-45/h1-32H;1-30H. The maximum absolute atomic E-state index is 6.30. The Bertz CT molecular complexity index is 6770. The van der Waals surface area contributed by atoms with Crippen LogP contribution in [0.1, 0.15) is 0 Å². The SMILES string of the molecule is c1cc(-c2cccc3ccccc23)cc(-c2c3ccccc3c(-c3ccc(-c4ccc5oc6cc7ccccc7cc6c5c4)cc3)c3ccccc23)c1.c1ccc(-c2ccc(-c3c4ccccc4c(-c4ccc(-c5ccc6oc7cc8ccccc8cc7c6c5)cc4)c4ccccc34)cc2)cc1. The van der Waals surface area contributed by atoms with Crippen molar-refractivity contribution in [1.29, 1.82) is 0 Å². The highest BCUT2D eigenvalue weighted by molar-refractivity contribution is 6.23. The summed E-state index contributed by atoms with van der Waals surface area (Å²) in [6.07, 6.45) is 0. The monoisotopic (exact) mass is 1290 g/mol. The summed E-state index contributed by atoms with van der Waals surface area (Å²) in [7, 11) is 0. The van der Waals surface area contributed by atoms with Crippen LogP contribution in [0.15, 0.2) is 385 Å². The van der Waals surface area contributed by atoms with Crippen LogP contribution in [-0.4, -0.2) is 0 Å². The van der Waals surface area contributed by atoms with Gasteiger partial charge in [0.15, 0.2) is 0 Å². The summed E-state index contributed by atoms with van der Waals surface area (Å²) in [5.41, 5.74) is 23.3. The van der Waals surface area contributed by atoms with E-state index in [0.29, 0.717) is 0 Å². The summed E-state index contributed by atoms with van der Waals surface area (Å²) < 4.78 is 12.6. The first-order valence-corrected chi connectivity index (χ1v) is 35.1. The maximum atomic E-state index is 6.30. The first kappa shape index (κ1) is 58.7. The fourth-order valence-electron chi connectivity index (χ4n) is 16.2. The van der Waals surface area contributed by atoms with Gasteiger partial charge in [-0.2, -0.15) is 0 Å². The predicted octanol–water partition coefficient (Wildman–Crippen LogP) is 28.6. The van der Waals surface area contributed by atoms with Crippen molar-refractivity contribution in [1.82, 2.24) is 0 Å². The van der Waals surface area contributed by atoms with Gasteiger partial charge < -0.3 is 8.83 Å². The second kappa shape index (κ2) is 24.2. The molecule has 0 saturated carbocycles. The van der Waals surface area contributed by atoms with E-state index in [0.717, 1.165) is 43.9 Å². The Morgan fingerprint density at radius 2 is 0.402 bits per heavy atom. The van der Waals surface area contributed by atoms with Crippen LogP contribution in [0.2, 0.25) is 0 Å². The number of fused-ring (bicyclic) bond motifs is 13. The Morgan fingerprint density at radius 3 is 0.824 bits per heavy atom. The van der Waals surface area contributed by atoms with Crippen molar-refractivity contribution in [2.45, 2.75) is 0 Å². The molecule has 0 atom stereocenters. The highest BCUT2D eigenvalue weighted by Crippen LogP contribution is 2.48. The summed E-state index contributed by atoms with van der Waals surface area (Å²) in [6.45, 7) is 0. The summed E-state index contributed by atoms with van der Waals surface area (Å²) in [5.74, 6) is 0. The molecule has 0 radical (unpaired) electrons. The van der Waals surface area contributed by atoms with Gasteiger partial charge in [0.05, 0.1) is 0 Å². The zero-order valence-corrected chi connectivity index (χ0v) is 55.6. The van der Waals surface area contributed by atoms with Crippen LogP contribution in [0.3, 0.4) is 0 Å². The highest BCUT2D eigenvalue weighted by Gasteiger charge is 2.21. The van der Waals surface area contributed by atoms with Crippen molar-refractivity contribution in [3.05, 3.63) is 376 Å². The van der Waals surface area contributed by atoms with Gasteiger partial charge in [-0.3, -0.25) is 0 Å². The molecule has 0 fully saturated rings. The summed E-state index contributed by atoms with van der Waals surface area (Å²) >= 11 is 0. The van der Waals surface area contributed by atoms with Gasteiger partial charge in [-0.05, 0) is 219 Å². The lowest BCUT2D eigenvalue weighted by Gasteiger charge is -2.18. The van der Waals surface area contributed by atoms with Crippen molar-refractivity contribution in [2.24, 2.45) is 0 Å². The molecule has 0 spiro atoms. The minimum atomic E-state index is 0.913. The normalized spacial score (nSPS) is 11.7. The topological polar surface area (TPSA) is 26.3 Å². The quantitative estimate of drug-likeness (QED) is 0.142. The largest absolute Gasteiger partial charge is 0.456 e. The van der Waals surface area contributed by atoms with E-state index in [1.807, 2.05) is 0 Å². The van der Waals surface area contributed by atoms with Gasteiger partial charge in [0.2, 0.25) is 0 Å². The molecule has 474 valence electrons. The second-order valence-corrected chi connectivity index (χ2v) is 26.9. The van der Waals surface area contributed by atoms with Crippen molar-refractivity contribution in [3.8, 4) is 89.0 Å². The fraction of sp³-hybridized carbons (Fsp3) is 0. The number of rotatable bonds is 8. The van der Waals surface area contributed by atoms with Gasteiger partial charge in [-0.1, -0.05) is 322 Å². The highest BCUT2D eigenvalue weighted by atomic mass is 16.3. The Labute approximate surface area is 589 Å². The van der Waals surface area contributed by atoms with Crippen LogP contribution < -0.4 is 0 Å². The van der Waals surface area contributed by atoms with Crippen LogP contribution in [-0.2, 0) is 0 Å². The lowest BCUT2D eigenvalue weighted by Crippen LogP contribution is -1.91. The molecule has 0 amide bonds. The third-order valence-corrected chi connectivity index (χ3v) is 21.1. The molecule has 0 N–H and O–H groups in total. The predicted molar refractivity (Wildman–Crippen MR) is 433 cm³/mol. The van der Waals surface area contributed by atoms with E-state index in [1.165, 1.54) is 164 Å². The zero-order chi connectivity index (χ0) is 67.2. The molecule has 2 aromatic heterocycles. The van der Waals surface area contributed by atoms with Gasteiger partial charge in [0.1, 0.15) is 22.3 Å². The van der Waals surface area contributed by atoms with Gasteiger partial charge >= 0.3 is 0 Å².